The predicted molar refractivity (Wildman–Crippen MR) is 118 cm³/mol. The highest BCUT2D eigenvalue weighted by molar-refractivity contribution is 5.87. The standard InChI is InChI=1S/C24H37NO3/c1-2-3-4-5-6-7-8-9-10-11-12-13-14-15-16-17-18-20-23(26)25-22-19-21-24(27)28/h10-18,20H,2-9,19,21-22H2,1H3,(H,25,26)(H,27,28). The lowest BCUT2D eigenvalue weighted by Crippen LogP contribution is -2.22. The summed E-state index contributed by atoms with van der Waals surface area (Å²) in [5, 5.41) is 11.1. The summed E-state index contributed by atoms with van der Waals surface area (Å²) in [4.78, 5) is 21.8. The van der Waals surface area contributed by atoms with Gasteiger partial charge in [0.05, 0.1) is 0 Å². The van der Waals surface area contributed by atoms with E-state index >= 15 is 0 Å². The number of carboxylic acid groups (broad SMARTS) is 1. The first-order valence-electron chi connectivity index (χ1n) is 10.5. The third-order valence-corrected chi connectivity index (χ3v) is 4.00. The van der Waals surface area contributed by atoms with E-state index < -0.39 is 5.97 Å². The topological polar surface area (TPSA) is 66.4 Å². The van der Waals surface area contributed by atoms with Crippen LogP contribution >= 0.6 is 0 Å². The van der Waals surface area contributed by atoms with Crippen molar-refractivity contribution in [3.8, 4) is 0 Å². The molecule has 0 aliphatic carbocycles. The van der Waals surface area contributed by atoms with Crippen LogP contribution in [0.25, 0.3) is 0 Å². The second-order valence-corrected chi connectivity index (χ2v) is 6.64. The third kappa shape index (κ3) is 21.7. The number of nitrogens with one attached hydrogen (secondary N) is 1. The van der Waals surface area contributed by atoms with Crippen molar-refractivity contribution in [1.82, 2.24) is 5.32 Å². The lowest BCUT2D eigenvalue weighted by atomic mass is 10.1. The van der Waals surface area contributed by atoms with Crippen LogP contribution in [0.1, 0.15) is 71.1 Å². The van der Waals surface area contributed by atoms with Crippen molar-refractivity contribution in [2.45, 2.75) is 71.1 Å². The molecule has 28 heavy (non-hydrogen) atoms. The molecule has 156 valence electrons. The van der Waals surface area contributed by atoms with Gasteiger partial charge in [-0.1, -0.05) is 100 Å². The van der Waals surface area contributed by atoms with Crippen LogP contribution in [0.15, 0.2) is 60.8 Å². The van der Waals surface area contributed by atoms with E-state index in [0.29, 0.717) is 13.0 Å². The first-order chi connectivity index (χ1) is 13.7. The molecule has 0 spiro atoms. The number of allylic oxidation sites excluding steroid dienone is 9. The lowest BCUT2D eigenvalue weighted by Gasteiger charge is -1.98. The summed E-state index contributed by atoms with van der Waals surface area (Å²) in [5.74, 6) is -1.07. The van der Waals surface area contributed by atoms with Crippen molar-refractivity contribution >= 4 is 11.9 Å². The van der Waals surface area contributed by atoms with Gasteiger partial charge in [-0.05, 0) is 19.3 Å². The number of carboxylic acids is 1. The molecule has 0 aromatic carbocycles. The van der Waals surface area contributed by atoms with Crippen LogP contribution in [-0.4, -0.2) is 23.5 Å². The van der Waals surface area contributed by atoms with Gasteiger partial charge in [-0.15, -0.1) is 0 Å². The molecule has 0 aliphatic heterocycles. The first kappa shape index (κ1) is 25.6. The SMILES string of the molecule is CCCCCCCCCC=CC=CC=CC=CC=CC(=O)NCCCC(=O)O. The zero-order valence-electron chi connectivity index (χ0n) is 17.3. The zero-order chi connectivity index (χ0) is 20.7. The Hall–Kier alpha value is -2.36. The van der Waals surface area contributed by atoms with Crippen LogP contribution in [0.2, 0.25) is 0 Å². The Balaban J connectivity index is 3.65. The van der Waals surface area contributed by atoms with E-state index in [4.69, 9.17) is 5.11 Å². The van der Waals surface area contributed by atoms with Gasteiger partial charge in [-0.2, -0.15) is 0 Å². The molecule has 0 bridgehead atoms. The Morgan fingerprint density at radius 1 is 0.750 bits per heavy atom. The van der Waals surface area contributed by atoms with Crippen molar-refractivity contribution in [1.29, 1.82) is 0 Å². The highest BCUT2D eigenvalue weighted by Crippen LogP contribution is 2.08. The lowest BCUT2D eigenvalue weighted by molar-refractivity contribution is -0.137. The third-order valence-electron chi connectivity index (χ3n) is 4.00. The largest absolute Gasteiger partial charge is 0.481 e. The Bertz CT molecular complexity index is 542. The molecule has 0 unspecified atom stereocenters. The van der Waals surface area contributed by atoms with Gasteiger partial charge >= 0.3 is 5.97 Å². The number of rotatable bonds is 17. The van der Waals surface area contributed by atoms with E-state index in [1.54, 1.807) is 12.2 Å². The van der Waals surface area contributed by atoms with Gasteiger partial charge in [0.2, 0.25) is 5.91 Å². The summed E-state index contributed by atoms with van der Waals surface area (Å²) in [6.07, 6.45) is 29.9. The molecule has 4 heteroatoms. The number of aliphatic carboxylic acids is 1. The summed E-state index contributed by atoms with van der Waals surface area (Å²) in [6.45, 7) is 2.62. The molecule has 1 amide bonds. The Labute approximate surface area is 170 Å². The van der Waals surface area contributed by atoms with Crippen molar-refractivity contribution in [2.24, 2.45) is 0 Å². The molecule has 0 aliphatic rings. The van der Waals surface area contributed by atoms with Gasteiger partial charge in [-0.25, -0.2) is 0 Å². The van der Waals surface area contributed by atoms with Crippen LogP contribution < -0.4 is 5.32 Å². The number of carbonyl (C=O) groups is 2. The second-order valence-electron chi connectivity index (χ2n) is 6.64. The fourth-order valence-corrected chi connectivity index (χ4v) is 2.43. The minimum atomic E-state index is -0.850. The minimum absolute atomic E-state index is 0.0660. The Kier molecular flexibility index (Phi) is 19.2. The monoisotopic (exact) mass is 387 g/mol. The molecular weight excluding hydrogens is 350 g/mol. The highest BCUT2D eigenvalue weighted by Gasteiger charge is 1.97. The molecule has 0 aromatic rings. The molecule has 0 radical (unpaired) electrons. The maximum atomic E-state index is 11.4. The van der Waals surface area contributed by atoms with Gasteiger partial charge < -0.3 is 10.4 Å². The van der Waals surface area contributed by atoms with Gasteiger partial charge in [0.15, 0.2) is 0 Å². The van der Waals surface area contributed by atoms with Crippen molar-refractivity contribution in [2.75, 3.05) is 6.54 Å². The zero-order valence-corrected chi connectivity index (χ0v) is 17.3. The fourth-order valence-electron chi connectivity index (χ4n) is 2.43. The summed E-state index contributed by atoms with van der Waals surface area (Å²) in [5.41, 5.74) is 0. The number of hydrogen-bond acceptors (Lipinski definition) is 2. The van der Waals surface area contributed by atoms with Crippen LogP contribution in [0.3, 0.4) is 0 Å². The number of carbonyl (C=O) groups excluding carboxylic acids is 1. The van der Waals surface area contributed by atoms with E-state index in [0.717, 1.165) is 6.42 Å². The van der Waals surface area contributed by atoms with Gasteiger partial charge in [0, 0.05) is 19.0 Å². The molecule has 4 nitrogen and oxygen atoms in total. The molecule has 0 saturated heterocycles. The van der Waals surface area contributed by atoms with Crippen molar-refractivity contribution < 1.29 is 14.7 Å². The van der Waals surface area contributed by atoms with Crippen LogP contribution in [0.4, 0.5) is 0 Å². The smallest absolute Gasteiger partial charge is 0.303 e. The average molecular weight is 388 g/mol. The Morgan fingerprint density at radius 3 is 1.96 bits per heavy atom. The molecule has 2 N–H and O–H groups in total. The van der Waals surface area contributed by atoms with E-state index in [1.165, 1.54) is 51.0 Å². The molecule has 0 atom stereocenters. The molecular formula is C24H37NO3. The first-order valence-corrected chi connectivity index (χ1v) is 10.5. The number of hydrogen-bond donors (Lipinski definition) is 2. The van der Waals surface area contributed by atoms with Crippen LogP contribution in [0, 0.1) is 0 Å². The summed E-state index contributed by atoms with van der Waals surface area (Å²) in [6, 6.07) is 0. The van der Waals surface area contributed by atoms with E-state index in [9.17, 15) is 9.59 Å². The molecule has 0 fully saturated rings. The average Bonchev–Trinajstić information content (AvgIpc) is 2.67. The fraction of sp³-hybridized carbons (Fsp3) is 0.500. The van der Waals surface area contributed by atoms with Gasteiger partial charge in [0.25, 0.3) is 0 Å². The van der Waals surface area contributed by atoms with Crippen molar-refractivity contribution in [3.05, 3.63) is 60.8 Å². The summed E-state index contributed by atoms with van der Waals surface area (Å²) in [7, 11) is 0. The minimum Gasteiger partial charge on any atom is -0.481 e. The quantitative estimate of drug-likeness (QED) is 0.186. The molecule has 0 rings (SSSR count). The number of amides is 1. The Morgan fingerprint density at radius 2 is 1.32 bits per heavy atom. The van der Waals surface area contributed by atoms with E-state index in [2.05, 4.69) is 24.4 Å². The van der Waals surface area contributed by atoms with E-state index in [-0.39, 0.29) is 12.3 Å². The normalized spacial score (nSPS) is 12.3. The summed E-state index contributed by atoms with van der Waals surface area (Å²) < 4.78 is 0. The van der Waals surface area contributed by atoms with Crippen LogP contribution in [-0.2, 0) is 9.59 Å². The predicted octanol–water partition coefficient (Wildman–Crippen LogP) is 5.89. The van der Waals surface area contributed by atoms with Gasteiger partial charge in [-0.3, -0.25) is 9.59 Å². The summed E-state index contributed by atoms with van der Waals surface area (Å²) >= 11 is 0. The van der Waals surface area contributed by atoms with Gasteiger partial charge in [0.1, 0.15) is 0 Å². The van der Waals surface area contributed by atoms with E-state index in [1.807, 2.05) is 30.4 Å². The highest BCUT2D eigenvalue weighted by atomic mass is 16.4. The maximum Gasteiger partial charge on any atom is 0.303 e. The number of unbranched alkanes of at least 4 members (excludes halogenated alkanes) is 7. The maximum absolute atomic E-state index is 11.4. The molecule has 0 aromatic heterocycles. The molecule has 0 heterocycles. The molecule has 0 saturated carbocycles. The van der Waals surface area contributed by atoms with Crippen LogP contribution in [0.5, 0.6) is 0 Å². The van der Waals surface area contributed by atoms with Crippen molar-refractivity contribution in [3.63, 3.8) is 0 Å². The second kappa shape index (κ2) is 20.9.